The lowest BCUT2D eigenvalue weighted by molar-refractivity contribution is 0.0946. The lowest BCUT2D eigenvalue weighted by Gasteiger charge is -2.13. The second kappa shape index (κ2) is 8.89. The van der Waals surface area contributed by atoms with E-state index in [1.54, 1.807) is 38.6 Å². The minimum absolute atomic E-state index is 0.185. The van der Waals surface area contributed by atoms with Gasteiger partial charge >= 0.3 is 0 Å². The molecule has 1 heterocycles. The molecule has 2 rings (SSSR count). The number of nitrogens with one attached hydrogen (secondary N) is 2. The summed E-state index contributed by atoms with van der Waals surface area (Å²) in [7, 11) is 7.12. The fraction of sp³-hybridized carbons (Fsp3) is 0.333. The second-order valence-electron chi connectivity index (χ2n) is 5.68. The summed E-state index contributed by atoms with van der Waals surface area (Å²) in [5.74, 6) is 1.19. The quantitative estimate of drug-likeness (QED) is 0.764. The van der Waals surface area contributed by atoms with Crippen LogP contribution in [-0.2, 0) is 0 Å². The summed E-state index contributed by atoms with van der Waals surface area (Å²) in [5, 5.41) is 6.05. The molecule has 0 aliphatic heterocycles. The van der Waals surface area contributed by atoms with Crippen LogP contribution >= 0.6 is 0 Å². The smallest absolute Gasteiger partial charge is 0.269 e. The fourth-order valence-electron chi connectivity index (χ4n) is 2.14. The molecule has 0 atom stereocenters. The Labute approximate surface area is 148 Å². The van der Waals surface area contributed by atoms with Crippen LogP contribution in [0.5, 0.6) is 11.5 Å². The zero-order valence-corrected chi connectivity index (χ0v) is 15.0. The van der Waals surface area contributed by atoms with Crippen LogP contribution < -0.4 is 20.1 Å². The summed E-state index contributed by atoms with van der Waals surface area (Å²) in [6.07, 6.45) is 1.62. The molecule has 1 amide bonds. The van der Waals surface area contributed by atoms with E-state index in [9.17, 15) is 4.79 Å². The summed E-state index contributed by atoms with van der Waals surface area (Å²) in [6.45, 7) is 1.36. The molecule has 7 heteroatoms. The van der Waals surface area contributed by atoms with E-state index in [0.29, 0.717) is 23.7 Å². The fourth-order valence-corrected chi connectivity index (χ4v) is 2.14. The lowest BCUT2D eigenvalue weighted by Crippen LogP contribution is -2.31. The Morgan fingerprint density at radius 2 is 1.96 bits per heavy atom. The van der Waals surface area contributed by atoms with E-state index in [0.717, 1.165) is 17.9 Å². The number of methoxy groups -OCH3 is 2. The Morgan fingerprint density at radius 1 is 1.16 bits per heavy atom. The number of amides is 1. The van der Waals surface area contributed by atoms with Gasteiger partial charge in [-0.3, -0.25) is 4.79 Å². The predicted octanol–water partition coefficient (Wildman–Crippen LogP) is 2.13. The lowest BCUT2D eigenvalue weighted by atomic mass is 10.2. The molecule has 25 heavy (non-hydrogen) atoms. The first-order valence-corrected chi connectivity index (χ1v) is 7.91. The van der Waals surface area contributed by atoms with Crippen LogP contribution in [0.2, 0.25) is 0 Å². The number of anilines is 2. The first-order valence-electron chi connectivity index (χ1n) is 7.91. The molecule has 134 valence electrons. The summed E-state index contributed by atoms with van der Waals surface area (Å²) < 4.78 is 10.5. The normalized spacial score (nSPS) is 10.4. The first kappa shape index (κ1) is 18.5. The van der Waals surface area contributed by atoms with Crippen LogP contribution in [0.15, 0.2) is 36.5 Å². The molecule has 0 bridgehead atoms. The van der Waals surface area contributed by atoms with E-state index < -0.39 is 0 Å². The van der Waals surface area contributed by atoms with Crippen molar-refractivity contribution >= 4 is 17.3 Å². The van der Waals surface area contributed by atoms with Crippen molar-refractivity contribution < 1.29 is 14.3 Å². The van der Waals surface area contributed by atoms with Crippen molar-refractivity contribution in [3.63, 3.8) is 0 Å². The Hall–Kier alpha value is -2.80. The highest BCUT2D eigenvalue weighted by atomic mass is 16.5. The van der Waals surface area contributed by atoms with Gasteiger partial charge in [0.15, 0.2) is 0 Å². The van der Waals surface area contributed by atoms with E-state index in [2.05, 4.69) is 15.6 Å². The molecule has 1 aromatic heterocycles. The van der Waals surface area contributed by atoms with Crippen LogP contribution in [0.3, 0.4) is 0 Å². The standard InChI is InChI=1S/C18H24N4O3/c1-22(2)10-9-19-18(23)16-7-5-13(12-20-16)21-15-8-6-14(24-3)11-17(15)25-4/h5-8,11-12,21H,9-10H2,1-4H3,(H,19,23). The summed E-state index contributed by atoms with van der Waals surface area (Å²) in [4.78, 5) is 18.2. The number of nitrogens with zero attached hydrogens (tertiary/aromatic N) is 2. The number of hydrogen-bond acceptors (Lipinski definition) is 6. The average Bonchev–Trinajstić information content (AvgIpc) is 2.62. The predicted molar refractivity (Wildman–Crippen MR) is 98.0 cm³/mol. The highest BCUT2D eigenvalue weighted by Crippen LogP contribution is 2.31. The van der Waals surface area contributed by atoms with Crippen LogP contribution in [0.25, 0.3) is 0 Å². The Balaban J connectivity index is 2.02. The van der Waals surface area contributed by atoms with Crippen LogP contribution in [0.1, 0.15) is 10.5 Å². The Kier molecular flexibility index (Phi) is 6.59. The average molecular weight is 344 g/mol. The topological polar surface area (TPSA) is 75.7 Å². The maximum absolute atomic E-state index is 12.0. The second-order valence-corrected chi connectivity index (χ2v) is 5.68. The number of carbonyl (C=O) groups excluding carboxylic acids is 1. The number of rotatable bonds is 8. The number of ether oxygens (including phenoxy) is 2. The van der Waals surface area contributed by atoms with Crippen molar-refractivity contribution in [2.45, 2.75) is 0 Å². The van der Waals surface area contributed by atoms with Crippen molar-refractivity contribution in [3.8, 4) is 11.5 Å². The SMILES string of the molecule is COc1ccc(Nc2ccc(C(=O)NCCN(C)C)nc2)c(OC)c1. The Bertz CT molecular complexity index is 702. The molecule has 0 fully saturated rings. The molecule has 7 nitrogen and oxygen atoms in total. The van der Waals surface area contributed by atoms with E-state index in [1.807, 2.05) is 31.1 Å². The molecule has 2 aromatic rings. The van der Waals surface area contributed by atoms with Gasteiger partial charge in [0.25, 0.3) is 5.91 Å². The summed E-state index contributed by atoms with van der Waals surface area (Å²) in [6, 6.07) is 8.98. The van der Waals surface area contributed by atoms with Gasteiger partial charge in [-0.2, -0.15) is 0 Å². The van der Waals surface area contributed by atoms with Crippen molar-refractivity contribution in [2.75, 3.05) is 46.7 Å². The monoisotopic (exact) mass is 344 g/mol. The van der Waals surface area contributed by atoms with Crippen molar-refractivity contribution in [3.05, 3.63) is 42.2 Å². The van der Waals surface area contributed by atoms with Gasteiger partial charge in [-0.25, -0.2) is 4.98 Å². The van der Waals surface area contributed by atoms with Gasteiger partial charge in [-0.15, -0.1) is 0 Å². The third-order valence-corrected chi connectivity index (χ3v) is 3.53. The molecule has 0 saturated heterocycles. The Morgan fingerprint density at radius 3 is 2.56 bits per heavy atom. The highest BCUT2D eigenvalue weighted by Gasteiger charge is 2.08. The number of benzene rings is 1. The van der Waals surface area contributed by atoms with Gasteiger partial charge in [0.2, 0.25) is 0 Å². The van der Waals surface area contributed by atoms with Gasteiger partial charge < -0.3 is 25.0 Å². The van der Waals surface area contributed by atoms with Crippen molar-refractivity contribution in [1.29, 1.82) is 0 Å². The molecular weight excluding hydrogens is 320 g/mol. The third kappa shape index (κ3) is 5.36. The summed E-state index contributed by atoms with van der Waals surface area (Å²) in [5.41, 5.74) is 1.92. The minimum atomic E-state index is -0.185. The molecule has 0 radical (unpaired) electrons. The van der Waals surface area contributed by atoms with E-state index in [1.165, 1.54) is 0 Å². The van der Waals surface area contributed by atoms with Crippen LogP contribution in [-0.4, -0.2) is 57.2 Å². The molecule has 0 aliphatic rings. The number of pyridine rings is 1. The van der Waals surface area contributed by atoms with E-state index >= 15 is 0 Å². The molecule has 0 unspecified atom stereocenters. The molecule has 2 N–H and O–H groups in total. The highest BCUT2D eigenvalue weighted by molar-refractivity contribution is 5.92. The van der Waals surface area contributed by atoms with Gasteiger partial charge in [0, 0.05) is 19.2 Å². The van der Waals surface area contributed by atoms with Gasteiger partial charge in [0.1, 0.15) is 17.2 Å². The molecular formula is C18H24N4O3. The van der Waals surface area contributed by atoms with E-state index in [-0.39, 0.29) is 5.91 Å². The number of likely N-dealkylation sites (N-methyl/N-ethyl adjacent to an activating group) is 1. The molecule has 0 saturated carbocycles. The van der Waals surface area contributed by atoms with Crippen LogP contribution in [0, 0.1) is 0 Å². The van der Waals surface area contributed by atoms with Crippen molar-refractivity contribution in [2.24, 2.45) is 0 Å². The van der Waals surface area contributed by atoms with Crippen molar-refractivity contribution in [1.82, 2.24) is 15.2 Å². The third-order valence-electron chi connectivity index (χ3n) is 3.53. The number of aromatic nitrogens is 1. The maximum Gasteiger partial charge on any atom is 0.269 e. The van der Waals surface area contributed by atoms with Gasteiger partial charge in [-0.1, -0.05) is 0 Å². The molecule has 0 spiro atoms. The largest absolute Gasteiger partial charge is 0.497 e. The van der Waals surface area contributed by atoms with Gasteiger partial charge in [-0.05, 0) is 38.4 Å². The van der Waals surface area contributed by atoms with Gasteiger partial charge in [0.05, 0.1) is 31.8 Å². The first-order chi connectivity index (χ1) is 12.0. The van der Waals surface area contributed by atoms with E-state index in [4.69, 9.17) is 9.47 Å². The maximum atomic E-state index is 12.0. The zero-order valence-electron chi connectivity index (χ0n) is 15.0. The summed E-state index contributed by atoms with van der Waals surface area (Å²) >= 11 is 0. The zero-order chi connectivity index (χ0) is 18.2. The van der Waals surface area contributed by atoms with Crippen LogP contribution in [0.4, 0.5) is 11.4 Å². The molecule has 0 aliphatic carbocycles. The minimum Gasteiger partial charge on any atom is -0.497 e. The molecule has 1 aromatic carbocycles. The number of hydrogen-bond donors (Lipinski definition) is 2. The number of carbonyl (C=O) groups is 1.